The van der Waals surface area contributed by atoms with E-state index in [1.54, 1.807) is 19.1 Å². The monoisotopic (exact) mass is 254 g/mol. The Morgan fingerprint density at radius 3 is 2.47 bits per heavy atom. The van der Waals surface area contributed by atoms with Gasteiger partial charge in [0.15, 0.2) is 0 Å². The SMILES string of the molecule is C=C(C)CN(C)S(=O)(=O)c1cc(C)cc(N)c1. The molecule has 0 aliphatic rings. The molecule has 0 aromatic heterocycles. The molecule has 0 heterocycles. The van der Waals surface area contributed by atoms with Crippen molar-refractivity contribution in [2.24, 2.45) is 0 Å². The highest BCUT2D eigenvalue weighted by Crippen LogP contribution is 2.19. The van der Waals surface area contributed by atoms with E-state index in [0.29, 0.717) is 12.2 Å². The number of sulfonamides is 1. The van der Waals surface area contributed by atoms with Crippen molar-refractivity contribution in [1.29, 1.82) is 0 Å². The minimum Gasteiger partial charge on any atom is -0.399 e. The number of anilines is 1. The largest absolute Gasteiger partial charge is 0.399 e. The third-order valence-corrected chi connectivity index (χ3v) is 4.06. The summed E-state index contributed by atoms with van der Waals surface area (Å²) in [6, 6.07) is 4.82. The Morgan fingerprint density at radius 2 is 2.00 bits per heavy atom. The molecule has 94 valence electrons. The number of nitrogen functional groups attached to an aromatic ring is 1. The normalized spacial score (nSPS) is 11.8. The second-order valence-electron chi connectivity index (χ2n) is 4.30. The van der Waals surface area contributed by atoms with Gasteiger partial charge < -0.3 is 5.73 Å². The number of nitrogens with zero attached hydrogens (tertiary/aromatic N) is 1. The maximum atomic E-state index is 12.2. The molecule has 2 N–H and O–H groups in total. The standard InChI is InChI=1S/C12H18N2O2S/c1-9(2)8-14(4)17(15,16)12-6-10(3)5-11(13)7-12/h5-7H,1,8,13H2,2-4H3. The lowest BCUT2D eigenvalue weighted by molar-refractivity contribution is 0.493. The van der Waals surface area contributed by atoms with E-state index < -0.39 is 10.0 Å². The zero-order valence-electron chi connectivity index (χ0n) is 10.4. The van der Waals surface area contributed by atoms with Crippen LogP contribution in [-0.2, 0) is 10.0 Å². The molecule has 1 rings (SSSR count). The van der Waals surface area contributed by atoms with E-state index in [2.05, 4.69) is 6.58 Å². The van der Waals surface area contributed by atoms with Crippen LogP contribution >= 0.6 is 0 Å². The predicted molar refractivity (Wildman–Crippen MR) is 70.2 cm³/mol. The van der Waals surface area contributed by atoms with Crippen LogP contribution in [-0.4, -0.2) is 26.3 Å². The number of nitrogens with two attached hydrogens (primary N) is 1. The highest BCUT2D eigenvalue weighted by molar-refractivity contribution is 7.89. The van der Waals surface area contributed by atoms with E-state index in [1.165, 1.54) is 17.4 Å². The van der Waals surface area contributed by atoms with E-state index in [1.807, 2.05) is 6.92 Å². The molecule has 0 amide bonds. The van der Waals surface area contributed by atoms with Crippen molar-refractivity contribution in [3.05, 3.63) is 35.9 Å². The van der Waals surface area contributed by atoms with Gasteiger partial charge >= 0.3 is 0 Å². The Labute approximate surface area is 103 Å². The Morgan fingerprint density at radius 1 is 1.41 bits per heavy atom. The number of aryl methyl sites for hydroxylation is 1. The van der Waals surface area contributed by atoms with Crippen LogP contribution in [0.25, 0.3) is 0 Å². The van der Waals surface area contributed by atoms with Crippen molar-refractivity contribution in [2.45, 2.75) is 18.7 Å². The average Bonchev–Trinajstić information content (AvgIpc) is 2.14. The molecule has 0 bridgehead atoms. The highest BCUT2D eigenvalue weighted by Gasteiger charge is 2.21. The Hall–Kier alpha value is -1.33. The van der Waals surface area contributed by atoms with Gasteiger partial charge in [-0.2, -0.15) is 4.31 Å². The van der Waals surface area contributed by atoms with Crippen LogP contribution < -0.4 is 5.73 Å². The Balaban J connectivity index is 3.17. The van der Waals surface area contributed by atoms with Crippen LogP contribution in [0, 0.1) is 6.92 Å². The number of benzene rings is 1. The first kappa shape index (κ1) is 13.7. The second kappa shape index (κ2) is 4.89. The van der Waals surface area contributed by atoms with Crippen molar-refractivity contribution in [2.75, 3.05) is 19.3 Å². The molecule has 5 heteroatoms. The van der Waals surface area contributed by atoms with Crippen LogP contribution in [0.5, 0.6) is 0 Å². The number of rotatable bonds is 4. The molecule has 0 aliphatic carbocycles. The van der Waals surface area contributed by atoms with E-state index in [-0.39, 0.29) is 4.90 Å². The van der Waals surface area contributed by atoms with Gasteiger partial charge in [-0.05, 0) is 37.6 Å². The molecule has 0 saturated carbocycles. The van der Waals surface area contributed by atoms with Gasteiger partial charge in [-0.25, -0.2) is 8.42 Å². The Bertz CT molecular complexity index is 515. The molecule has 0 unspecified atom stereocenters. The van der Waals surface area contributed by atoms with Gasteiger partial charge in [0, 0.05) is 19.3 Å². The molecule has 0 spiro atoms. The molecule has 0 aliphatic heterocycles. The maximum absolute atomic E-state index is 12.2. The predicted octanol–water partition coefficient (Wildman–Crippen LogP) is 1.77. The fourth-order valence-corrected chi connectivity index (χ4v) is 2.94. The molecule has 0 fully saturated rings. The van der Waals surface area contributed by atoms with E-state index in [0.717, 1.165) is 11.1 Å². The summed E-state index contributed by atoms with van der Waals surface area (Å²) >= 11 is 0. The van der Waals surface area contributed by atoms with Gasteiger partial charge in [-0.15, -0.1) is 0 Å². The van der Waals surface area contributed by atoms with Gasteiger partial charge in [0.05, 0.1) is 4.90 Å². The van der Waals surface area contributed by atoms with E-state index >= 15 is 0 Å². The summed E-state index contributed by atoms with van der Waals surface area (Å²) in [6.45, 7) is 7.61. The highest BCUT2D eigenvalue weighted by atomic mass is 32.2. The van der Waals surface area contributed by atoms with Crippen molar-refractivity contribution < 1.29 is 8.42 Å². The van der Waals surface area contributed by atoms with Gasteiger partial charge in [0.1, 0.15) is 0 Å². The minimum atomic E-state index is -3.49. The van der Waals surface area contributed by atoms with Gasteiger partial charge in [-0.3, -0.25) is 0 Å². The summed E-state index contributed by atoms with van der Waals surface area (Å²) in [5, 5.41) is 0. The third kappa shape index (κ3) is 3.31. The van der Waals surface area contributed by atoms with Crippen molar-refractivity contribution in [1.82, 2.24) is 4.31 Å². The fourth-order valence-electron chi connectivity index (χ4n) is 1.57. The molecule has 0 atom stereocenters. The van der Waals surface area contributed by atoms with E-state index in [9.17, 15) is 8.42 Å². The molecular formula is C12H18N2O2S. The molecule has 1 aromatic rings. The smallest absolute Gasteiger partial charge is 0.243 e. The average molecular weight is 254 g/mol. The zero-order chi connectivity index (χ0) is 13.2. The van der Waals surface area contributed by atoms with Crippen LogP contribution in [0.2, 0.25) is 0 Å². The fraction of sp³-hybridized carbons (Fsp3) is 0.333. The molecule has 17 heavy (non-hydrogen) atoms. The van der Waals surface area contributed by atoms with E-state index in [4.69, 9.17) is 5.73 Å². The number of hydrogen-bond acceptors (Lipinski definition) is 3. The van der Waals surface area contributed by atoms with Gasteiger partial charge in [-0.1, -0.05) is 12.2 Å². The van der Waals surface area contributed by atoms with Crippen molar-refractivity contribution >= 4 is 15.7 Å². The van der Waals surface area contributed by atoms with Crippen LogP contribution in [0.1, 0.15) is 12.5 Å². The molecule has 0 radical (unpaired) electrons. The first-order valence-electron chi connectivity index (χ1n) is 5.21. The summed E-state index contributed by atoms with van der Waals surface area (Å²) in [6.07, 6.45) is 0. The zero-order valence-corrected chi connectivity index (χ0v) is 11.2. The molecule has 4 nitrogen and oxygen atoms in total. The molecular weight excluding hydrogens is 236 g/mol. The lowest BCUT2D eigenvalue weighted by Crippen LogP contribution is -2.28. The van der Waals surface area contributed by atoms with Crippen LogP contribution in [0.15, 0.2) is 35.2 Å². The minimum absolute atomic E-state index is 0.221. The second-order valence-corrected chi connectivity index (χ2v) is 6.34. The maximum Gasteiger partial charge on any atom is 0.243 e. The lowest BCUT2D eigenvalue weighted by Gasteiger charge is -2.17. The third-order valence-electron chi connectivity index (χ3n) is 2.27. The van der Waals surface area contributed by atoms with Crippen molar-refractivity contribution in [3.8, 4) is 0 Å². The quantitative estimate of drug-likeness (QED) is 0.658. The molecule has 0 saturated heterocycles. The van der Waals surface area contributed by atoms with Crippen molar-refractivity contribution in [3.63, 3.8) is 0 Å². The van der Waals surface area contributed by atoms with Crippen LogP contribution in [0.4, 0.5) is 5.69 Å². The summed E-state index contributed by atoms with van der Waals surface area (Å²) in [7, 11) is -1.96. The topological polar surface area (TPSA) is 63.4 Å². The van der Waals surface area contributed by atoms with Crippen LogP contribution in [0.3, 0.4) is 0 Å². The first-order valence-corrected chi connectivity index (χ1v) is 6.65. The summed E-state index contributed by atoms with van der Waals surface area (Å²) < 4.78 is 25.7. The summed E-state index contributed by atoms with van der Waals surface area (Å²) in [5.41, 5.74) is 7.72. The summed E-state index contributed by atoms with van der Waals surface area (Å²) in [5.74, 6) is 0. The van der Waals surface area contributed by atoms with Gasteiger partial charge in [0.2, 0.25) is 10.0 Å². The first-order chi connectivity index (χ1) is 7.73. The number of hydrogen-bond donors (Lipinski definition) is 1. The van der Waals surface area contributed by atoms with Gasteiger partial charge in [0.25, 0.3) is 0 Å². The number of likely N-dealkylation sites (N-methyl/N-ethyl adjacent to an activating group) is 1. The Kier molecular flexibility index (Phi) is 3.95. The molecule has 1 aromatic carbocycles. The lowest BCUT2D eigenvalue weighted by atomic mass is 10.2. The summed E-state index contributed by atoms with van der Waals surface area (Å²) in [4.78, 5) is 0.221.